The van der Waals surface area contributed by atoms with Crippen molar-refractivity contribution >= 4 is 12.8 Å². The van der Waals surface area contributed by atoms with E-state index in [-0.39, 0.29) is 5.97 Å². The Hall–Kier alpha value is -1.76. The largest absolute Gasteiger partial charge is 0.465 e. The van der Waals surface area contributed by atoms with Gasteiger partial charge in [-0.15, -0.1) is 0 Å². The lowest BCUT2D eigenvalue weighted by Gasteiger charge is -1.96. The fraction of sp³-hybridized carbons (Fsp3) is 0.500. The first kappa shape index (κ1) is 32.3. The summed E-state index contributed by atoms with van der Waals surface area (Å²) in [5.74, 6) is -0.344. The lowest BCUT2D eigenvalue weighted by atomic mass is 10.2. The standard InChI is InChI=1S/C9H12O2.C2H7N.2C2H6O.CH2O/c1-4-6-8(7-5-2)9(10)11-3;3*1-3-2;1-2/h4-7H,1H2,2-3H3;3H,1-2H3;2*1-2H3;1H2/b7-5-,8-6+;;;;. The van der Waals surface area contributed by atoms with Crippen molar-refractivity contribution < 1.29 is 23.8 Å². The number of rotatable bonds is 3. The van der Waals surface area contributed by atoms with Crippen molar-refractivity contribution in [3.05, 3.63) is 36.5 Å². The van der Waals surface area contributed by atoms with Crippen LogP contribution in [0, 0.1) is 0 Å². The summed E-state index contributed by atoms with van der Waals surface area (Å²) in [5, 5.41) is 2.75. The van der Waals surface area contributed by atoms with Crippen LogP contribution in [0.4, 0.5) is 0 Å². The molecule has 0 atom stereocenters. The van der Waals surface area contributed by atoms with Crippen LogP contribution < -0.4 is 5.32 Å². The topological polar surface area (TPSA) is 73.9 Å². The normalized spacial score (nSPS) is 8.45. The lowest BCUT2D eigenvalue weighted by molar-refractivity contribution is -0.135. The van der Waals surface area contributed by atoms with Crippen LogP contribution in [0.1, 0.15) is 6.92 Å². The summed E-state index contributed by atoms with van der Waals surface area (Å²) in [7, 11) is 11.6. The predicted molar refractivity (Wildman–Crippen MR) is 93.1 cm³/mol. The van der Waals surface area contributed by atoms with Crippen LogP contribution in [0.2, 0.25) is 0 Å². The van der Waals surface area contributed by atoms with Crippen molar-refractivity contribution in [2.75, 3.05) is 49.6 Å². The summed E-state index contributed by atoms with van der Waals surface area (Å²) in [4.78, 5) is 18.9. The molecule has 0 amide bonds. The van der Waals surface area contributed by atoms with Gasteiger partial charge in [0.2, 0.25) is 0 Å². The second kappa shape index (κ2) is 42.7. The highest BCUT2D eigenvalue weighted by atomic mass is 16.5. The van der Waals surface area contributed by atoms with Crippen molar-refractivity contribution in [1.29, 1.82) is 0 Å². The Bertz CT molecular complexity index is 259. The molecule has 0 aromatic rings. The predicted octanol–water partition coefficient (Wildman–Crippen LogP) is 2.02. The zero-order valence-electron chi connectivity index (χ0n) is 15.3. The van der Waals surface area contributed by atoms with Gasteiger partial charge in [0.25, 0.3) is 0 Å². The Labute approximate surface area is 135 Å². The van der Waals surface area contributed by atoms with E-state index in [0.717, 1.165) is 0 Å². The molecule has 0 unspecified atom stereocenters. The van der Waals surface area contributed by atoms with Crippen LogP contribution in [-0.4, -0.2) is 62.4 Å². The third kappa shape index (κ3) is 51.7. The Balaban J connectivity index is -0.0000000722. The summed E-state index contributed by atoms with van der Waals surface area (Å²) in [6, 6.07) is 0. The number of esters is 1. The van der Waals surface area contributed by atoms with Crippen molar-refractivity contribution in [1.82, 2.24) is 5.32 Å². The van der Waals surface area contributed by atoms with Gasteiger partial charge in [-0.3, -0.25) is 0 Å². The minimum absolute atomic E-state index is 0.344. The van der Waals surface area contributed by atoms with E-state index in [9.17, 15) is 4.79 Å². The van der Waals surface area contributed by atoms with Gasteiger partial charge < -0.3 is 24.3 Å². The maximum atomic E-state index is 10.9. The SMILES string of the molecule is C=C/C=C(\C=C/C)C(=O)OC.C=O.CNC.COC.COC. The van der Waals surface area contributed by atoms with Gasteiger partial charge in [0, 0.05) is 28.4 Å². The molecule has 0 aliphatic rings. The smallest absolute Gasteiger partial charge is 0.337 e. The molecule has 0 heterocycles. The fourth-order valence-electron chi connectivity index (χ4n) is 0.616. The minimum atomic E-state index is -0.344. The second-order valence-electron chi connectivity index (χ2n) is 3.17. The first-order valence-electron chi connectivity index (χ1n) is 6.22. The number of hydrogen-bond donors (Lipinski definition) is 1. The van der Waals surface area contributed by atoms with Crippen molar-refractivity contribution in [2.45, 2.75) is 6.92 Å². The molecule has 0 radical (unpaired) electrons. The molecule has 6 heteroatoms. The number of nitrogens with one attached hydrogen (secondary N) is 1. The summed E-state index contributed by atoms with van der Waals surface area (Å²) < 4.78 is 13.0. The average molecular weight is 319 g/mol. The zero-order chi connectivity index (χ0) is 18.8. The van der Waals surface area contributed by atoms with Gasteiger partial charge in [-0.2, -0.15) is 0 Å². The van der Waals surface area contributed by atoms with Crippen molar-refractivity contribution in [2.24, 2.45) is 0 Å². The summed E-state index contributed by atoms with van der Waals surface area (Å²) in [6.07, 6.45) is 6.60. The van der Waals surface area contributed by atoms with E-state index in [4.69, 9.17) is 4.79 Å². The van der Waals surface area contributed by atoms with Gasteiger partial charge in [0.15, 0.2) is 0 Å². The highest BCUT2D eigenvalue weighted by Gasteiger charge is 2.02. The van der Waals surface area contributed by atoms with Gasteiger partial charge in [-0.1, -0.05) is 24.8 Å². The average Bonchev–Trinajstić information content (AvgIpc) is 2.51. The Morgan fingerprint density at radius 1 is 1.00 bits per heavy atom. The quantitative estimate of drug-likeness (QED) is 0.487. The van der Waals surface area contributed by atoms with E-state index in [1.165, 1.54) is 7.11 Å². The maximum absolute atomic E-state index is 10.9. The Morgan fingerprint density at radius 2 is 1.32 bits per heavy atom. The number of ether oxygens (including phenoxy) is 3. The van der Waals surface area contributed by atoms with Gasteiger partial charge >= 0.3 is 5.97 Å². The maximum Gasteiger partial charge on any atom is 0.337 e. The van der Waals surface area contributed by atoms with Crippen LogP contribution in [-0.2, 0) is 23.8 Å². The first-order valence-corrected chi connectivity index (χ1v) is 6.22. The third-order valence-corrected chi connectivity index (χ3v) is 1.06. The van der Waals surface area contributed by atoms with E-state index in [0.29, 0.717) is 5.57 Å². The van der Waals surface area contributed by atoms with E-state index in [1.54, 1.807) is 52.7 Å². The van der Waals surface area contributed by atoms with Crippen LogP contribution in [0.5, 0.6) is 0 Å². The molecule has 0 aliphatic heterocycles. The van der Waals surface area contributed by atoms with E-state index in [2.05, 4.69) is 26.1 Å². The fourth-order valence-corrected chi connectivity index (χ4v) is 0.616. The molecule has 1 N–H and O–H groups in total. The molecule has 0 saturated carbocycles. The molecule has 0 aromatic carbocycles. The van der Waals surface area contributed by atoms with E-state index < -0.39 is 0 Å². The molecule has 0 aliphatic carbocycles. The molecule has 132 valence electrons. The van der Waals surface area contributed by atoms with Gasteiger partial charge in [0.05, 0.1) is 12.7 Å². The summed E-state index contributed by atoms with van der Waals surface area (Å²) >= 11 is 0. The van der Waals surface area contributed by atoms with Crippen LogP contribution in [0.25, 0.3) is 0 Å². The zero-order valence-corrected chi connectivity index (χ0v) is 15.3. The molecule has 0 aromatic heterocycles. The number of hydrogen-bond acceptors (Lipinski definition) is 6. The molecule has 22 heavy (non-hydrogen) atoms. The minimum Gasteiger partial charge on any atom is -0.465 e. The summed E-state index contributed by atoms with van der Waals surface area (Å²) in [5.41, 5.74) is 0.505. The third-order valence-electron chi connectivity index (χ3n) is 1.06. The van der Waals surface area contributed by atoms with Gasteiger partial charge in [-0.25, -0.2) is 4.79 Å². The Morgan fingerprint density at radius 3 is 1.50 bits per heavy atom. The molecule has 0 saturated heterocycles. The van der Waals surface area contributed by atoms with Gasteiger partial charge in [0.1, 0.15) is 6.79 Å². The second-order valence-corrected chi connectivity index (χ2v) is 3.17. The molecule has 0 spiro atoms. The van der Waals surface area contributed by atoms with Gasteiger partial charge in [-0.05, 0) is 27.1 Å². The van der Waals surface area contributed by atoms with Crippen LogP contribution in [0.3, 0.4) is 0 Å². The van der Waals surface area contributed by atoms with Crippen LogP contribution >= 0.6 is 0 Å². The van der Waals surface area contributed by atoms with E-state index >= 15 is 0 Å². The Kier molecular flexibility index (Phi) is 62.6. The molecule has 6 nitrogen and oxygen atoms in total. The van der Waals surface area contributed by atoms with Crippen molar-refractivity contribution in [3.8, 4) is 0 Å². The van der Waals surface area contributed by atoms with E-state index in [1.807, 2.05) is 27.8 Å². The van der Waals surface area contributed by atoms with Crippen molar-refractivity contribution in [3.63, 3.8) is 0 Å². The summed E-state index contributed by atoms with van der Waals surface area (Å²) in [6.45, 7) is 7.31. The lowest BCUT2D eigenvalue weighted by Crippen LogP contribution is -2.01. The number of carbonyl (C=O) groups excluding carboxylic acids is 2. The monoisotopic (exact) mass is 319 g/mol. The molecule has 0 bridgehead atoms. The molecular weight excluding hydrogens is 286 g/mol. The highest BCUT2D eigenvalue weighted by Crippen LogP contribution is 1.99. The number of methoxy groups -OCH3 is 3. The molecule has 0 fully saturated rings. The number of carbonyl (C=O) groups is 2. The highest BCUT2D eigenvalue weighted by molar-refractivity contribution is 5.91. The first-order chi connectivity index (χ1) is 10.5. The molecule has 0 rings (SSSR count). The molecular formula is C16H33NO5. The number of allylic oxidation sites excluding steroid dienone is 3. The van der Waals surface area contributed by atoms with Crippen LogP contribution in [0.15, 0.2) is 36.5 Å².